The molecule has 1 aliphatic heterocycles. The fourth-order valence-corrected chi connectivity index (χ4v) is 3.30. The number of thiophene rings is 1. The van der Waals surface area contributed by atoms with Gasteiger partial charge in [-0.2, -0.15) is 0 Å². The molecule has 116 valence electrons. The van der Waals surface area contributed by atoms with E-state index in [-0.39, 0.29) is 11.8 Å². The SMILES string of the molecule is Cc1sc(C(=O)N2CCN(C(=O)CC(C)C)CC2)cc1N. The Labute approximate surface area is 129 Å². The molecule has 0 spiro atoms. The van der Waals surface area contributed by atoms with Crippen LogP contribution in [0.15, 0.2) is 6.07 Å². The summed E-state index contributed by atoms with van der Waals surface area (Å²) >= 11 is 1.43. The summed E-state index contributed by atoms with van der Waals surface area (Å²) in [7, 11) is 0. The average Bonchev–Trinajstić information content (AvgIpc) is 2.77. The molecule has 2 N–H and O–H groups in total. The minimum Gasteiger partial charge on any atom is -0.398 e. The van der Waals surface area contributed by atoms with Crippen LogP contribution in [0.5, 0.6) is 0 Å². The second kappa shape index (κ2) is 6.47. The molecule has 2 rings (SSSR count). The van der Waals surface area contributed by atoms with Crippen molar-refractivity contribution >= 4 is 28.8 Å². The number of aryl methyl sites for hydroxylation is 1. The summed E-state index contributed by atoms with van der Waals surface area (Å²) < 4.78 is 0. The summed E-state index contributed by atoms with van der Waals surface area (Å²) in [5.74, 6) is 0.582. The number of hydrogen-bond donors (Lipinski definition) is 1. The number of nitrogen functional groups attached to an aromatic ring is 1. The molecular formula is C15H23N3O2S. The van der Waals surface area contributed by atoms with E-state index in [1.54, 1.807) is 6.07 Å². The molecule has 6 heteroatoms. The van der Waals surface area contributed by atoms with Crippen molar-refractivity contribution in [3.05, 3.63) is 15.8 Å². The van der Waals surface area contributed by atoms with Crippen molar-refractivity contribution in [3.63, 3.8) is 0 Å². The largest absolute Gasteiger partial charge is 0.398 e. The van der Waals surface area contributed by atoms with E-state index >= 15 is 0 Å². The molecule has 1 aromatic rings. The first-order chi connectivity index (χ1) is 9.88. The first-order valence-corrected chi connectivity index (χ1v) is 8.13. The first kappa shape index (κ1) is 15.8. The normalized spacial score (nSPS) is 15.6. The third-order valence-electron chi connectivity index (χ3n) is 3.67. The number of carbonyl (C=O) groups excluding carboxylic acids is 2. The molecule has 2 amide bonds. The van der Waals surface area contributed by atoms with Crippen molar-refractivity contribution in [1.29, 1.82) is 0 Å². The van der Waals surface area contributed by atoms with Crippen LogP contribution < -0.4 is 5.73 Å². The Morgan fingerprint density at radius 2 is 1.81 bits per heavy atom. The predicted molar refractivity (Wildman–Crippen MR) is 85.4 cm³/mol. The summed E-state index contributed by atoms with van der Waals surface area (Å²) in [6, 6.07) is 1.75. The van der Waals surface area contributed by atoms with Gasteiger partial charge in [-0.25, -0.2) is 0 Å². The zero-order valence-electron chi connectivity index (χ0n) is 12.9. The van der Waals surface area contributed by atoms with Gasteiger partial charge in [0.1, 0.15) is 0 Å². The maximum atomic E-state index is 12.4. The zero-order valence-corrected chi connectivity index (χ0v) is 13.7. The minimum atomic E-state index is 0.0239. The highest BCUT2D eigenvalue weighted by Gasteiger charge is 2.26. The van der Waals surface area contributed by atoms with Crippen LogP contribution in [0, 0.1) is 12.8 Å². The van der Waals surface area contributed by atoms with Crippen molar-refractivity contribution in [2.45, 2.75) is 27.2 Å². The van der Waals surface area contributed by atoms with E-state index < -0.39 is 0 Å². The number of rotatable bonds is 3. The molecule has 0 aromatic carbocycles. The standard InChI is InChI=1S/C15H23N3O2S/c1-10(2)8-14(19)17-4-6-18(7-5-17)15(20)13-9-12(16)11(3)21-13/h9-10H,4-8,16H2,1-3H3. The van der Waals surface area contributed by atoms with Crippen LogP contribution >= 0.6 is 11.3 Å². The van der Waals surface area contributed by atoms with Crippen molar-refractivity contribution in [3.8, 4) is 0 Å². The zero-order chi connectivity index (χ0) is 15.6. The van der Waals surface area contributed by atoms with Crippen molar-refractivity contribution in [2.24, 2.45) is 5.92 Å². The van der Waals surface area contributed by atoms with Gasteiger partial charge >= 0.3 is 0 Å². The van der Waals surface area contributed by atoms with Gasteiger partial charge in [0.05, 0.1) is 4.88 Å². The quantitative estimate of drug-likeness (QED) is 0.928. The van der Waals surface area contributed by atoms with E-state index in [0.717, 1.165) is 4.88 Å². The summed E-state index contributed by atoms with van der Waals surface area (Å²) in [6.07, 6.45) is 0.578. The summed E-state index contributed by atoms with van der Waals surface area (Å²) in [4.78, 5) is 29.7. The van der Waals surface area contributed by atoms with Crippen LogP contribution in [0.1, 0.15) is 34.8 Å². The molecular weight excluding hydrogens is 286 g/mol. The second-order valence-electron chi connectivity index (χ2n) is 5.89. The van der Waals surface area contributed by atoms with Gasteiger partial charge in [-0.05, 0) is 18.9 Å². The van der Waals surface area contributed by atoms with Crippen molar-refractivity contribution < 1.29 is 9.59 Å². The molecule has 1 saturated heterocycles. The Kier molecular flexibility index (Phi) is 4.88. The van der Waals surface area contributed by atoms with E-state index in [4.69, 9.17) is 5.73 Å². The van der Waals surface area contributed by atoms with E-state index in [0.29, 0.717) is 49.1 Å². The van der Waals surface area contributed by atoms with Gasteiger partial charge in [-0.3, -0.25) is 9.59 Å². The highest BCUT2D eigenvalue weighted by Crippen LogP contribution is 2.25. The molecule has 0 atom stereocenters. The van der Waals surface area contributed by atoms with Crippen LogP contribution in [0.3, 0.4) is 0 Å². The van der Waals surface area contributed by atoms with Crippen LogP contribution in [-0.2, 0) is 4.79 Å². The minimum absolute atomic E-state index is 0.0239. The highest BCUT2D eigenvalue weighted by molar-refractivity contribution is 7.14. The smallest absolute Gasteiger partial charge is 0.264 e. The third-order valence-corrected chi connectivity index (χ3v) is 4.72. The number of anilines is 1. The average molecular weight is 309 g/mol. The molecule has 1 aromatic heterocycles. The van der Waals surface area contributed by atoms with Gasteiger partial charge in [0.15, 0.2) is 0 Å². The van der Waals surface area contributed by atoms with Crippen LogP contribution in [-0.4, -0.2) is 47.8 Å². The lowest BCUT2D eigenvalue weighted by Gasteiger charge is -2.35. The summed E-state index contributed by atoms with van der Waals surface area (Å²) in [5, 5.41) is 0. The Morgan fingerprint density at radius 3 is 2.29 bits per heavy atom. The van der Waals surface area contributed by atoms with E-state index in [2.05, 4.69) is 0 Å². The summed E-state index contributed by atoms with van der Waals surface area (Å²) in [6.45, 7) is 8.44. The Bertz CT molecular complexity index is 512. The van der Waals surface area contributed by atoms with Crippen LogP contribution in [0.25, 0.3) is 0 Å². The number of nitrogens with two attached hydrogens (primary N) is 1. The van der Waals surface area contributed by atoms with Gasteiger partial charge < -0.3 is 15.5 Å². The second-order valence-corrected chi connectivity index (χ2v) is 7.15. The molecule has 0 unspecified atom stereocenters. The first-order valence-electron chi connectivity index (χ1n) is 7.31. The lowest BCUT2D eigenvalue weighted by Crippen LogP contribution is -2.50. The van der Waals surface area contributed by atoms with E-state index in [1.807, 2.05) is 30.6 Å². The Morgan fingerprint density at radius 1 is 1.24 bits per heavy atom. The number of hydrogen-bond acceptors (Lipinski definition) is 4. The van der Waals surface area contributed by atoms with Crippen molar-refractivity contribution in [1.82, 2.24) is 9.80 Å². The van der Waals surface area contributed by atoms with Gasteiger partial charge in [0.25, 0.3) is 5.91 Å². The fourth-order valence-electron chi connectivity index (χ4n) is 2.39. The lowest BCUT2D eigenvalue weighted by molar-refractivity contribution is -0.133. The number of piperazine rings is 1. The number of carbonyl (C=O) groups is 2. The number of amides is 2. The Hall–Kier alpha value is -1.56. The Balaban J connectivity index is 1.91. The fraction of sp³-hybridized carbons (Fsp3) is 0.600. The molecule has 1 aliphatic rings. The molecule has 0 radical (unpaired) electrons. The van der Waals surface area contributed by atoms with E-state index in [1.165, 1.54) is 11.3 Å². The maximum Gasteiger partial charge on any atom is 0.264 e. The molecule has 0 saturated carbocycles. The molecule has 1 fully saturated rings. The van der Waals surface area contributed by atoms with Gasteiger partial charge in [-0.1, -0.05) is 13.8 Å². The number of nitrogens with zero attached hydrogens (tertiary/aromatic N) is 2. The molecule has 0 bridgehead atoms. The van der Waals surface area contributed by atoms with Gasteiger partial charge in [-0.15, -0.1) is 11.3 Å². The van der Waals surface area contributed by atoms with Crippen LogP contribution in [0.2, 0.25) is 0 Å². The molecule has 5 nitrogen and oxygen atoms in total. The van der Waals surface area contributed by atoms with Crippen molar-refractivity contribution in [2.75, 3.05) is 31.9 Å². The van der Waals surface area contributed by atoms with Crippen LogP contribution in [0.4, 0.5) is 5.69 Å². The highest BCUT2D eigenvalue weighted by atomic mass is 32.1. The van der Waals surface area contributed by atoms with Gasteiger partial charge in [0, 0.05) is 43.2 Å². The van der Waals surface area contributed by atoms with Gasteiger partial charge in [0.2, 0.25) is 5.91 Å². The molecule has 0 aliphatic carbocycles. The van der Waals surface area contributed by atoms with E-state index in [9.17, 15) is 9.59 Å². The molecule has 2 heterocycles. The topological polar surface area (TPSA) is 66.6 Å². The lowest BCUT2D eigenvalue weighted by atomic mass is 10.1. The maximum absolute atomic E-state index is 12.4. The molecule has 21 heavy (non-hydrogen) atoms. The monoisotopic (exact) mass is 309 g/mol. The predicted octanol–water partition coefficient (Wildman–Crippen LogP) is 1.97. The third kappa shape index (κ3) is 3.75. The summed E-state index contributed by atoms with van der Waals surface area (Å²) in [5.41, 5.74) is 6.48.